The van der Waals surface area contributed by atoms with E-state index in [2.05, 4.69) is 11.3 Å². The molecule has 1 heterocycles. The summed E-state index contributed by atoms with van der Waals surface area (Å²) in [6.07, 6.45) is 2.30. The molecule has 0 aliphatic carbocycles. The van der Waals surface area contributed by atoms with Crippen LogP contribution in [0.3, 0.4) is 0 Å². The summed E-state index contributed by atoms with van der Waals surface area (Å²) in [4.78, 5) is 10.9. The van der Waals surface area contributed by atoms with Crippen LogP contribution in [0.1, 0.15) is 30.4 Å². The zero-order valence-corrected chi connectivity index (χ0v) is 12.7. The summed E-state index contributed by atoms with van der Waals surface area (Å²) in [6, 6.07) is 0. The minimum Gasteiger partial charge on any atom is -0.457 e. The lowest BCUT2D eigenvalue weighted by Gasteiger charge is -2.23. The molecule has 1 aromatic rings. The van der Waals surface area contributed by atoms with Crippen molar-refractivity contribution in [3.63, 3.8) is 0 Å². The summed E-state index contributed by atoms with van der Waals surface area (Å²) in [5.74, 6) is -7.41. The van der Waals surface area contributed by atoms with E-state index in [0.29, 0.717) is 13.0 Å². The Balaban J connectivity index is 2.17. The Bertz CT molecular complexity index is 598. The van der Waals surface area contributed by atoms with Crippen molar-refractivity contribution < 1.29 is 36.6 Å². The first-order valence-corrected chi connectivity index (χ1v) is 7.31. The van der Waals surface area contributed by atoms with Gasteiger partial charge in [0.25, 0.3) is 0 Å². The van der Waals surface area contributed by atoms with Crippen LogP contribution in [-0.2, 0) is 32.2 Å². The highest BCUT2D eigenvalue weighted by Crippen LogP contribution is 2.26. The number of esters is 1. The first kappa shape index (κ1) is 18.4. The van der Waals surface area contributed by atoms with Crippen LogP contribution in [0.2, 0.25) is 0 Å². The number of rotatable bonds is 6. The largest absolute Gasteiger partial charge is 0.457 e. The quantitative estimate of drug-likeness (QED) is 0.342. The van der Waals surface area contributed by atoms with Crippen molar-refractivity contribution >= 4 is 5.97 Å². The molecule has 4 nitrogen and oxygen atoms in total. The first-order valence-electron chi connectivity index (χ1n) is 7.31. The van der Waals surface area contributed by atoms with Crippen LogP contribution in [0.4, 0.5) is 17.6 Å². The predicted octanol–water partition coefficient (Wildman–Crippen LogP) is 3.52. The molecule has 1 aliphatic rings. The molecular formula is C16H16F4O4. The molecule has 0 amide bonds. The van der Waals surface area contributed by atoms with Crippen LogP contribution < -0.4 is 0 Å². The normalized spacial score (nSPS) is 17.6. The molecule has 1 aromatic carbocycles. The van der Waals surface area contributed by atoms with Crippen molar-refractivity contribution in [2.24, 2.45) is 0 Å². The average Bonchev–Trinajstić information content (AvgIpc) is 2.60. The maximum Gasteiger partial charge on any atom is 0.330 e. The number of ether oxygens (including phenoxy) is 3. The smallest absolute Gasteiger partial charge is 0.330 e. The van der Waals surface area contributed by atoms with E-state index < -0.39 is 59.9 Å². The van der Waals surface area contributed by atoms with Gasteiger partial charge in [-0.3, -0.25) is 0 Å². The van der Waals surface area contributed by atoms with Crippen LogP contribution in [0.25, 0.3) is 0 Å². The van der Waals surface area contributed by atoms with Crippen LogP contribution in [0.15, 0.2) is 12.7 Å². The van der Waals surface area contributed by atoms with Gasteiger partial charge in [0.15, 0.2) is 29.6 Å². The number of benzene rings is 1. The van der Waals surface area contributed by atoms with Crippen molar-refractivity contribution in [2.45, 2.75) is 38.8 Å². The van der Waals surface area contributed by atoms with Crippen molar-refractivity contribution in [3.8, 4) is 0 Å². The number of hydrogen-bond acceptors (Lipinski definition) is 4. The molecule has 1 fully saturated rings. The number of halogens is 4. The standard InChI is InChI=1S/C16H16F4O4/c1-2-11(21)23-7-9-13(17)15(19)10(16(20)14(9)18)8-24-12-5-3-4-6-22-12/h2,12H,1,3-8H2. The van der Waals surface area contributed by atoms with Crippen molar-refractivity contribution in [2.75, 3.05) is 6.61 Å². The molecular weight excluding hydrogens is 332 g/mol. The van der Waals surface area contributed by atoms with Crippen LogP contribution in [0.5, 0.6) is 0 Å². The molecule has 1 unspecified atom stereocenters. The summed E-state index contributed by atoms with van der Waals surface area (Å²) < 4.78 is 70.7. The fourth-order valence-electron chi connectivity index (χ4n) is 2.20. The number of carbonyl (C=O) groups is 1. The van der Waals surface area contributed by atoms with Crippen LogP contribution in [0, 0.1) is 23.3 Å². The van der Waals surface area contributed by atoms with E-state index in [0.717, 1.165) is 18.9 Å². The fraction of sp³-hybridized carbons (Fsp3) is 0.438. The molecule has 1 saturated heterocycles. The zero-order valence-electron chi connectivity index (χ0n) is 12.7. The predicted molar refractivity (Wildman–Crippen MR) is 74.6 cm³/mol. The third kappa shape index (κ3) is 4.12. The molecule has 132 valence electrons. The van der Waals surface area contributed by atoms with Crippen molar-refractivity contribution in [1.82, 2.24) is 0 Å². The first-order chi connectivity index (χ1) is 11.5. The summed E-state index contributed by atoms with van der Waals surface area (Å²) in [6.45, 7) is 1.91. The van der Waals surface area contributed by atoms with Crippen LogP contribution in [-0.4, -0.2) is 18.9 Å². The van der Waals surface area contributed by atoms with Gasteiger partial charge in [-0.2, -0.15) is 0 Å². The monoisotopic (exact) mass is 348 g/mol. The van der Waals surface area contributed by atoms with Gasteiger partial charge in [-0.25, -0.2) is 22.4 Å². The van der Waals surface area contributed by atoms with E-state index in [4.69, 9.17) is 9.47 Å². The van der Waals surface area contributed by atoms with Gasteiger partial charge < -0.3 is 14.2 Å². The highest BCUT2D eigenvalue weighted by atomic mass is 19.2. The molecule has 2 rings (SSSR count). The van der Waals surface area contributed by atoms with E-state index in [9.17, 15) is 22.4 Å². The molecule has 0 radical (unpaired) electrons. The molecule has 24 heavy (non-hydrogen) atoms. The van der Waals surface area contributed by atoms with E-state index in [1.165, 1.54) is 0 Å². The topological polar surface area (TPSA) is 44.8 Å². The summed E-state index contributed by atoms with van der Waals surface area (Å²) in [5.41, 5.74) is -1.89. The summed E-state index contributed by atoms with van der Waals surface area (Å²) in [5, 5.41) is 0. The average molecular weight is 348 g/mol. The molecule has 8 heteroatoms. The van der Waals surface area contributed by atoms with Gasteiger partial charge in [0.1, 0.15) is 6.61 Å². The van der Waals surface area contributed by atoms with E-state index >= 15 is 0 Å². The Morgan fingerprint density at radius 3 is 2.17 bits per heavy atom. The number of hydrogen-bond donors (Lipinski definition) is 0. The van der Waals surface area contributed by atoms with E-state index in [1.54, 1.807) is 0 Å². The SMILES string of the molecule is C=CC(=O)OCc1c(F)c(F)c(COC2CCCCO2)c(F)c1F. The second-order valence-corrected chi connectivity index (χ2v) is 5.13. The Morgan fingerprint density at radius 2 is 1.67 bits per heavy atom. The lowest BCUT2D eigenvalue weighted by Crippen LogP contribution is -2.23. The molecule has 0 bridgehead atoms. The van der Waals surface area contributed by atoms with Gasteiger partial charge in [0, 0.05) is 12.7 Å². The Kier molecular flexibility index (Phi) is 6.33. The molecule has 0 aromatic heterocycles. The minimum atomic E-state index is -1.63. The third-order valence-corrected chi connectivity index (χ3v) is 3.52. The molecule has 1 atom stereocenters. The molecule has 0 spiro atoms. The highest BCUT2D eigenvalue weighted by molar-refractivity contribution is 5.81. The van der Waals surface area contributed by atoms with E-state index in [-0.39, 0.29) is 0 Å². The van der Waals surface area contributed by atoms with Gasteiger partial charge in [-0.05, 0) is 19.3 Å². The van der Waals surface area contributed by atoms with Gasteiger partial charge >= 0.3 is 5.97 Å². The van der Waals surface area contributed by atoms with Gasteiger partial charge in [-0.1, -0.05) is 6.58 Å². The molecule has 1 aliphatic heterocycles. The Labute approximate surface area is 136 Å². The Hall–Kier alpha value is -1.93. The molecule has 0 saturated carbocycles. The lowest BCUT2D eigenvalue weighted by molar-refractivity contribution is -0.169. The van der Waals surface area contributed by atoms with Gasteiger partial charge in [0.2, 0.25) is 0 Å². The van der Waals surface area contributed by atoms with Crippen molar-refractivity contribution in [1.29, 1.82) is 0 Å². The highest BCUT2D eigenvalue weighted by Gasteiger charge is 2.27. The molecule has 0 N–H and O–H groups in total. The second-order valence-electron chi connectivity index (χ2n) is 5.13. The lowest BCUT2D eigenvalue weighted by atomic mass is 10.1. The van der Waals surface area contributed by atoms with Gasteiger partial charge in [0.05, 0.1) is 17.7 Å². The zero-order chi connectivity index (χ0) is 17.7. The van der Waals surface area contributed by atoms with Crippen molar-refractivity contribution in [3.05, 3.63) is 47.1 Å². The Morgan fingerprint density at radius 1 is 1.08 bits per heavy atom. The van der Waals surface area contributed by atoms with Gasteiger partial charge in [-0.15, -0.1) is 0 Å². The van der Waals surface area contributed by atoms with E-state index in [1.807, 2.05) is 0 Å². The van der Waals surface area contributed by atoms with Crippen LogP contribution >= 0.6 is 0 Å². The number of carbonyl (C=O) groups excluding carboxylic acids is 1. The third-order valence-electron chi connectivity index (χ3n) is 3.52. The maximum absolute atomic E-state index is 14.0. The summed E-state index contributed by atoms with van der Waals surface area (Å²) >= 11 is 0. The fourth-order valence-corrected chi connectivity index (χ4v) is 2.20. The summed E-state index contributed by atoms with van der Waals surface area (Å²) in [7, 11) is 0. The maximum atomic E-state index is 14.0. The minimum absolute atomic E-state index is 0.450. The second kappa shape index (κ2) is 8.25.